The fraction of sp³-hybridized carbons (Fsp3) is 0.286. The van der Waals surface area contributed by atoms with Gasteiger partial charge in [-0.25, -0.2) is 5.43 Å². The van der Waals surface area contributed by atoms with Crippen LogP contribution in [0.15, 0.2) is 53.6 Å². The summed E-state index contributed by atoms with van der Waals surface area (Å²) in [5, 5.41) is 6.76. The summed E-state index contributed by atoms with van der Waals surface area (Å²) >= 11 is 2.15. The van der Waals surface area contributed by atoms with E-state index in [9.17, 15) is 9.59 Å². The van der Waals surface area contributed by atoms with Gasteiger partial charge in [0.05, 0.1) is 11.9 Å². The maximum absolute atomic E-state index is 12.0. The smallest absolute Gasteiger partial charge is 0.240 e. The number of hydrazone groups is 1. The quantitative estimate of drug-likeness (QED) is 0.316. The summed E-state index contributed by atoms with van der Waals surface area (Å²) in [6.45, 7) is 6.15. The molecule has 0 aliphatic heterocycles. The molecular weight excluding hydrogens is 467 g/mol. The number of amides is 2. The number of carbonyl (C=O) groups is 2. The van der Waals surface area contributed by atoms with Gasteiger partial charge in [-0.1, -0.05) is 24.3 Å². The van der Waals surface area contributed by atoms with Crippen LogP contribution in [0.1, 0.15) is 32.3 Å². The maximum atomic E-state index is 12.0. The van der Waals surface area contributed by atoms with Crippen LogP contribution in [0, 0.1) is 3.57 Å². The first-order valence-corrected chi connectivity index (χ1v) is 10.3. The molecule has 0 heterocycles. The first-order valence-electron chi connectivity index (χ1n) is 9.24. The molecule has 148 valence electrons. The Balaban J connectivity index is 1.76. The monoisotopic (exact) mass is 492 g/mol. The van der Waals surface area contributed by atoms with Crippen molar-refractivity contribution in [2.45, 2.75) is 26.7 Å². The molecule has 0 aromatic heterocycles. The number of halogens is 1. The van der Waals surface area contributed by atoms with E-state index in [0.717, 1.165) is 33.6 Å². The fourth-order valence-electron chi connectivity index (χ4n) is 2.60. The lowest BCUT2D eigenvalue weighted by atomic mass is 10.2. The Labute approximate surface area is 179 Å². The molecule has 0 atom stereocenters. The normalized spacial score (nSPS) is 10.7. The topological polar surface area (TPSA) is 73.8 Å². The highest BCUT2D eigenvalue weighted by Gasteiger charge is 2.08. The highest BCUT2D eigenvalue weighted by Crippen LogP contribution is 2.17. The van der Waals surface area contributed by atoms with E-state index >= 15 is 0 Å². The summed E-state index contributed by atoms with van der Waals surface area (Å²) in [7, 11) is 0. The maximum Gasteiger partial charge on any atom is 0.240 e. The van der Waals surface area contributed by atoms with Gasteiger partial charge in [0, 0.05) is 35.2 Å². The van der Waals surface area contributed by atoms with E-state index in [4.69, 9.17) is 0 Å². The Bertz CT molecular complexity index is 817. The first-order chi connectivity index (χ1) is 13.5. The second-order valence-corrected chi connectivity index (χ2v) is 7.25. The number of anilines is 2. The number of nitrogens with zero attached hydrogens (tertiary/aromatic N) is 2. The van der Waals surface area contributed by atoms with Crippen LogP contribution in [0.25, 0.3) is 0 Å². The van der Waals surface area contributed by atoms with Gasteiger partial charge in [0.1, 0.15) is 0 Å². The number of hydrogen-bond acceptors (Lipinski definition) is 4. The highest BCUT2D eigenvalue weighted by atomic mass is 127. The van der Waals surface area contributed by atoms with Gasteiger partial charge < -0.3 is 10.2 Å². The lowest BCUT2D eigenvalue weighted by molar-refractivity contribution is -0.124. The molecule has 2 aromatic rings. The van der Waals surface area contributed by atoms with Crippen LogP contribution in [-0.4, -0.2) is 31.1 Å². The van der Waals surface area contributed by atoms with Crippen LogP contribution in [0.3, 0.4) is 0 Å². The molecule has 6 nitrogen and oxygen atoms in total. The second kappa shape index (κ2) is 11.4. The van der Waals surface area contributed by atoms with E-state index in [0.29, 0.717) is 0 Å². The number of rotatable bonds is 9. The lowest BCUT2D eigenvalue weighted by Gasteiger charge is -2.20. The molecule has 7 heteroatoms. The Morgan fingerprint density at radius 3 is 2.29 bits per heavy atom. The molecular formula is C21H25IN4O2. The summed E-state index contributed by atoms with van der Waals surface area (Å²) in [6, 6.07) is 15.5. The molecule has 2 aromatic carbocycles. The van der Waals surface area contributed by atoms with E-state index in [-0.39, 0.29) is 24.7 Å². The van der Waals surface area contributed by atoms with Crippen molar-refractivity contribution in [2.24, 2.45) is 5.10 Å². The molecule has 2 amide bonds. The summed E-state index contributed by atoms with van der Waals surface area (Å²) in [6.07, 6.45) is 1.77. The van der Waals surface area contributed by atoms with Gasteiger partial charge in [0.2, 0.25) is 11.8 Å². The predicted molar refractivity (Wildman–Crippen MR) is 123 cm³/mol. The van der Waals surface area contributed by atoms with E-state index in [1.807, 2.05) is 48.5 Å². The van der Waals surface area contributed by atoms with E-state index in [2.05, 4.69) is 57.2 Å². The molecule has 0 aliphatic carbocycles. The molecule has 28 heavy (non-hydrogen) atoms. The highest BCUT2D eigenvalue weighted by molar-refractivity contribution is 14.1. The van der Waals surface area contributed by atoms with Gasteiger partial charge in [0.15, 0.2) is 0 Å². The molecule has 2 N–H and O–H groups in total. The van der Waals surface area contributed by atoms with Crippen molar-refractivity contribution in [1.82, 2.24) is 5.43 Å². The first kappa shape index (κ1) is 21.9. The van der Waals surface area contributed by atoms with Gasteiger partial charge in [0.25, 0.3) is 0 Å². The van der Waals surface area contributed by atoms with E-state index in [1.165, 1.54) is 0 Å². The van der Waals surface area contributed by atoms with Crippen LogP contribution in [0.5, 0.6) is 0 Å². The van der Waals surface area contributed by atoms with Crippen molar-refractivity contribution in [1.29, 1.82) is 0 Å². The van der Waals surface area contributed by atoms with E-state index in [1.54, 1.807) is 6.21 Å². The number of nitrogens with one attached hydrogen (secondary N) is 2. The molecule has 2 rings (SSSR count). The van der Waals surface area contributed by atoms with Crippen LogP contribution >= 0.6 is 22.6 Å². The zero-order valence-corrected chi connectivity index (χ0v) is 18.3. The predicted octanol–water partition coefficient (Wildman–Crippen LogP) is 4.01. The third-order valence-electron chi connectivity index (χ3n) is 4.15. The molecule has 0 spiro atoms. The van der Waals surface area contributed by atoms with Crippen molar-refractivity contribution >= 4 is 52.0 Å². The zero-order valence-electron chi connectivity index (χ0n) is 16.1. The van der Waals surface area contributed by atoms with Crippen LogP contribution in [0.4, 0.5) is 11.4 Å². The van der Waals surface area contributed by atoms with Gasteiger partial charge in [-0.2, -0.15) is 5.10 Å². The minimum absolute atomic E-state index is 0.0769. The average Bonchev–Trinajstić information content (AvgIpc) is 2.70. The van der Waals surface area contributed by atoms with Gasteiger partial charge >= 0.3 is 0 Å². The van der Waals surface area contributed by atoms with Crippen molar-refractivity contribution in [3.63, 3.8) is 0 Å². The van der Waals surface area contributed by atoms with E-state index < -0.39 is 0 Å². The standard InChI is InChI=1S/C21H25IN4O2/c1-3-26(4-2)17-11-9-16(10-12-17)15-23-25-21(28)14-13-20(27)24-19-8-6-5-7-18(19)22/h5-12,15H,3-4,13-14H2,1-2H3,(H,24,27)(H,25,28)/b23-15-. The lowest BCUT2D eigenvalue weighted by Crippen LogP contribution is -2.21. The van der Waals surface area contributed by atoms with Crippen LogP contribution in [0.2, 0.25) is 0 Å². The number of para-hydroxylation sites is 1. The Hall–Kier alpha value is -2.42. The summed E-state index contributed by atoms with van der Waals surface area (Å²) < 4.78 is 0.953. The fourth-order valence-corrected chi connectivity index (χ4v) is 3.12. The Morgan fingerprint density at radius 1 is 1.00 bits per heavy atom. The molecule has 0 radical (unpaired) electrons. The number of benzene rings is 2. The molecule has 0 bridgehead atoms. The van der Waals surface area contributed by atoms with Crippen LogP contribution < -0.4 is 15.6 Å². The molecule has 0 fully saturated rings. The average molecular weight is 492 g/mol. The summed E-state index contributed by atoms with van der Waals surface area (Å²) in [4.78, 5) is 26.1. The number of hydrogen-bond donors (Lipinski definition) is 2. The largest absolute Gasteiger partial charge is 0.372 e. The number of carbonyl (C=O) groups excluding carboxylic acids is 2. The molecule has 0 aliphatic rings. The third-order valence-corrected chi connectivity index (χ3v) is 5.09. The molecule has 0 saturated carbocycles. The Morgan fingerprint density at radius 2 is 1.64 bits per heavy atom. The zero-order chi connectivity index (χ0) is 20.4. The molecule has 0 unspecified atom stereocenters. The van der Waals surface area contributed by atoms with Crippen molar-refractivity contribution < 1.29 is 9.59 Å². The van der Waals surface area contributed by atoms with Crippen molar-refractivity contribution in [3.8, 4) is 0 Å². The van der Waals surface area contributed by atoms with Crippen molar-refractivity contribution in [3.05, 3.63) is 57.7 Å². The third kappa shape index (κ3) is 6.95. The minimum atomic E-state index is -0.297. The van der Waals surface area contributed by atoms with Crippen molar-refractivity contribution in [2.75, 3.05) is 23.3 Å². The SMILES string of the molecule is CCN(CC)c1ccc(/C=N\NC(=O)CCC(=O)Nc2ccccc2I)cc1. The summed E-state index contributed by atoms with van der Waals surface area (Å²) in [5.74, 6) is -0.496. The van der Waals surface area contributed by atoms with Gasteiger partial charge in [-0.3, -0.25) is 9.59 Å². The van der Waals surface area contributed by atoms with Gasteiger partial charge in [-0.15, -0.1) is 0 Å². The Kier molecular flexibility index (Phi) is 8.93. The minimum Gasteiger partial charge on any atom is -0.372 e. The molecule has 0 saturated heterocycles. The summed E-state index contributed by atoms with van der Waals surface area (Å²) in [5.41, 5.74) is 5.26. The second-order valence-electron chi connectivity index (χ2n) is 6.09. The van der Waals surface area contributed by atoms with Gasteiger partial charge in [-0.05, 0) is 66.3 Å². The van der Waals surface area contributed by atoms with Crippen LogP contribution in [-0.2, 0) is 9.59 Å².